The van der Waals surface area contributed by atoms with Crippen molar-refractivity contribution in [3.63, 3.8) is 0 Å². The number of amides is 1. The Morgan fingerprint density at radius 2 is 1.73 bits per heavy atom. The first kappa shape index (κ1) is 17.6. The van der Waals surface area contributed by atoms with Crippen molar-refractivity contribution >= 4 is 17.5 Å². The average Bonchev–Trinajstić information content (AvgIpc) is 3.52. The number of nitrogens with zero attached hydrogens (tertiary/aromatic N) is 1. The first-order valence-corrected chi connectivity index (χ1v) is 9.96. The van der Waals surface area contributed by atoms with Crippen LogP contribution >= 0.6 is 11.6 Å². The smallest absolute Gasteiger partial charge is 0.255 e. The lowest BCUT2D eigenvalue weighted by Gasteiger charge is -2.33. The molecule has 3 nitrogen and oxygen atoms in total. The summed E-state index contributed by atoms with van der Waals surface area (Å²) in [6, 6.07) is 16.4. The number of nitrogens with one attached hydrogen (secondary N) is 1. The maximum absolute atomic E-state index is 13.0. The molecule has 1 N–H and O–H groups in total. The number of carbonyl (C=O) groups excluding carboxylic acids is 1. The zero-order chi connectivity index (χ0) is 17.9. The van der Waals surface area contributed by atoms with Crippen LogP contribution in [0.3, 0.4) is 0 Å². The lowest BCUT2D eigenvalue weighted by molar-refractivity contribution is 0.0705. The van der Waals surface area contributed by atoms with Gasteiger partial charge in [-0.25, -0.2) is 0 Å². The van der Waals surface area contributed by atoms with Gasteiger partial charge in [-0.05, 0) is 61.4 Å². The Hall–Kier alpha value is -1.84. The summed E-state index contributed by atoms with van der Waals surface area (Å²) < 4.78 is 0. The van der Waals surface area contributed by atoms with Crippen LogP contribution < -0.4 is 5.32 Å². The minimum absolute atomic E-state index is 0.0495. The molecule has 1 heterocycles. The Kier molecular flexibility index (Phi) is 5.28. The lowest BCUT2D eigenvalue weighted by Crippen LogP contribution is -2.45. The quantitative estimate of drug-likeness (QED) is 0.835. The Morgan fingerprint density at radius 1 is 1.00 bits per heavy atom. The summed E-state index contributed by atoms with van der Waals surface area (Å²) >= 11 is 6.36. The molecule has 2 aromatic carbocycles. The first-order valence-electron chi connectivity index (χ1n) is 9.58. The van der Waals surface area contributed by atoms with Crippen LogP contribution in [0.25, 0.3) is 11.1 Å². The number of likely N-dealkylation sites (tertiary alicyclic amines) is 1. The summed E-state index contributed by atoms with van der Waals surface area (Å²) in [5.74, 6) is 0.947. The third-order valence-electron chi connectivity index (χ3n) is 5.48. The second kappa shape index (κ2) is 7.81. The highest BCUT2D eigenvalue weighted by molar-refractivity contribution is 6.34. The third kappa shape index (κ3) is 4.11. The molecule has 1 saturated heterocycles. The lowest BCUT2D eigenvalue weighted by atomic mass is 10.0. The summed E-state index contributed by atoms with van der Waals surface area (Å²) in [4.78, 5) is 15.0. The second-order valence-electron chi connectivity index (χ2n) is 7.48. The monoisotopic (exact) mass is 368 g/mol. The van der Waals surface area contributed by atoms with E-state index in [9.17, 15) is 4.79 Å². The predicted octanol–water partition coefficient (Wildman–Crippen LogP) is 4.61. The highest BCUT2D eigenvalue weighted by Gasteiger charge is 2.27. The average molecular weight is 369 g/mol. The molecule has 2 aliphatic rings. The minimum Gasteiger partial charge on any atom is -0.338 e. The van der Waals surface area contributed by atoms with Crippen molar-refractivity contribution in [1.29, 1.82) is 0 Å². The Labute approximate surface area is 160 Å². The van der Waals surface area contributed by atoms with Crippen LogP contribution in [0.1, 0.15) is 36.0 Å². The van der Waals surface area contributed by atoms with Crippen LogP contribution in [0.15, 0.2) is 48.5 Å². The van der Waals surface area contributed by atoms with Gasteiger partial charge in [-0.3, -0.25) is 4.79 Å². The van der Waals surface area contributed by atoms with Crippen molar-refractivity contribution in [1.82, 2.24) is 10.2 Å². The van der Waals surface area contributed by atoms with Gasteiger partial charge in [0.25, 0.3) is 5.91 Å². The molecule has 0 bridgehead atoms. The molecule has 0 unspecified atom stereocenters. The van der Waals surface area contributed by atoms with E-state index in [-0.39, 0.29) is 5.91 Å². The van der Waals surface area contributed by atoms with Crippen molar-refractivity contribution in [3.05, 3.63) is 59.1 Å². The van der Waals surface area contributed by atoms with Crippen molar-refractivity contribution in [2.24, 2.45) is 5.92 Å². The molecule has 0 radical (unpaired) electrons. The molecular formula is C22H25ClN2O. The van der Waals surface area contributed by atoms with E-state index in [0.29, 0.717) is 16.6 Å². The molecule has 4 heteroatoms. The second-order valence-corrected chi connectivity index (χ2v) is 7.89. The van der Waals surface area contributed by atoms with Gasteiger partial charge in [0.15, 0.2) is 0 Å². The van der Waals surface area contributed by atoms with Gasteiger partial charge in [-0.2, -0.15) is 0 Å². The number of benzene rings is 2. The van der Waals surface area contributed by atoms with E-state index >= 15 is 0 Å². The standard InChI is InChI=1S/C22H25ClN2O/c23-21-9-8-18(17-4-2-1-3-5-17)14-20(21)22(26)25-12-10-19(11-13-25)24-15-16-6-7-16/h1-5,8-9,14,16,19,24H,6-7,10-13,15H2. The van der Waals surface area contributed by atoms with Gasteiger partial charge >= 0.3 is 0 Å². The van der Waals surface area contributed by atoms with Crippen molar-refractivity contribution in [2.45, 2.75) is 31.7 Å². The highest BCUT2D eigenvalue weighted by atomic mass is 35.5. The van der Waals surface area contributed by atoms with Crippen molar-refractivity contribution in [2.75, 3.05) is 19.6 Å². The van der Waals surface area contributed by atoms with E-state index in [0.717, 1.165) is 49.5 Å². The predicted molar refractivity (Wildman–Crippen MR) is 107 cm³/mol. The molecule has 0 spiro atoms. The molecule has 0 atom stereocenters. The molecule has 1 amide bonds. The summed E-state index contributed by atoms with van der Waals surface area (Å²) in [6.07, 6.45) is 4.80. The topological polar surface area (TPSA) is 32.3 Å². The molecule has 2 aromatic rings. The summed E-state index contributed by atoms with van der Waals surface area (Å²) in [6.45, 7) is 2.74. The van der Waals surface area contributed by atoms with Gasteiger partial charge in [-0.1, -0.05) is 48.0 Å². The molecule has 0 aromatic heterocycles. The maximum Gasteiger partial charge on any atom is 0.255 e. The SMILES string of the molecule is O=C(c1cc(-c2ccccc2)ccc1Cl)N1CCC(NCC2CC2)CC1. The van der Waals surface area contributed by atoms with Crippen LogP contribution in [0.4, 0.5) is 0 Å². The van der Waals surface area contributed by atoms with Crippen molar-refractivity contribution < 1.29 is 4.79 Å². The third-order valence-corrected chi connectivity index (χ3v) is 5.81. The van der Waals surface area contributed by atoms with Crippen LogP contribution in [0.2, 0.25) is 5.02 Å². The Bertz CT molecular complexity index is 765. The number of carbonyl (C=O) groups is 1. The number of rotatable bonds is 5. The van der Waals surface area contributed by atoms with E-state index in [4.69, 9.17) is 11.6 Å². The van der Waals surface area contributed by atoms with Gasteiger partial charge in [0, 0.05) is 19.1 Å². The van der Waals surface area contributed by atoms with Crippen LogP contribution in [0, 0.1) is 5.92 Å². The van der Waals surface area contributed by atoms with Gasteiger partial charge in [0.2, 0.25) is 0 Å². The zero-order valence-corrected chi connectivity index (χ0v) is 15.7. The van der Waals surface area contributed by atoms with Gasteiger partial charge in [0.05, 0.1) is 10.6 Å². The van der Waals surface area contributed by atoms with Gasteiger partial charge in [-0.15, -0.1) is 0 Å². The molecule has 2 fully saturated rings. The number of halogens is 1. The fourth-order valence-corrected chi connectivity index (χ4v) is 3.81. The molecule has 1 aliphatic heterocycles. The van der Waals surface area contributed by atoms with Gasteiger partial charge in [0.1, 0.15) is 0 Å². The summed E-state index contributed by atoms with van der Waals surface area (Å²) in [7, 11) is 0. The van der Waals surface area contributed by atoms with E-state index < -0.39 is 0 Å². The van der Waals surface area contributed by atoms with E-state index in [2.05, 4.69) is 17.4 Å². The molecule has 136 valence electrons. The first-order chi connectivity index (χ1) is 12.7. The number of hydrogen-bond donors (Lipinski definition) is 1. The van der Waals surface area contributed by atoms with E-state index in [1.54, 1.807) is 0 Å². The molecule has 4 rings (SSSR count). The van der Waals surface area contributed by atoms with Gasteiger partial charge < -0.3 is 10.2 Å². The molecular weight excluding hydrogens is 344 g/mol. The summed E-state index contributed by atoms with van der Waals surface area (Å²) in [5.41, 5.74) is 2.73. The Balaban J connectivity index is 1.43. The van der Waals surface area contributed by atoms with Crippen LogP contribution in [0.5, 0.6) is 0 Å². The zero-order valence-electron chi connectivity index (χ0n) is 15.0. The molecule has 1 saturated carbocycles. The fourth-order valence-electron chi connectivity index (χ4n) is 3.61. The minimum atomic E-state index is 0.0495. The van der Waals surface area contributed by atoms with Crippen molar-refractivity contribution in [3.8, 4) is 11.1 Å². The highest BCUT2D eigenvalue weighted by Crippen LogP contribution is 2.29. The molecule has 1 aliphatic carbocycles. The Morgan fingerprint density at radius 3 is 2.42 bits per heavy atom. The van der Waals surface area contributed by atoms with Crippen LogP contribution in [-0.4, -0.2) is 36.5 Å². The maximum atomic E-state index is 13.0. The summed E-state index contributed by atoms with van der Waals surface area (Å²) in [5, 5.41) is 4.19. The van der Waals surface area contributed by atoms with E-state index in [1.165, 1.54) is 12.8 Å². The van der Waals surface area contributed by atoms with Crippen LogP contribution in [-0.2, 0) is 0 Å². The van der Waals surface area contributed by atoms with E-state index in [1.807, 2.05) is 41.3 Å². The molecule has 26 heavy (non-hydrogen) atoms. The fraction of sp³-hybridized carbons (Fsp3) is 0.409. The number of hydrogen-bond acceptors (Lipinski definition) is 2. The normalized spacial score (nSPS) is 18.1. The largest absolute Gasteiger partial charge is 0.338 e. The number of piperidine rings is 1.